The Hall–Kier alpha value is 0.722. The molecular weight excluding hydrogens is 678 g/mol. The molecule has 159 valence electrons. The molecule has 2 aromatic rings. The molecule has 4 atom stereocenters. The van der Waals surface area contributed by atoms with Gasteiger partial charge in [0.1, 0.15) is 7.14 Å². The van der Waals surface area contributed by atoms with E-state index < -0.39 is 7.14 Å². The topological polar surface area (TPSA) is 35.5 Å². The standard InChI is InChI=1S/C22H27O3P3.W.Y/c1-16-20(17(2)22(25-27)15-21(16)24-26)13-14-28(23,18-9-5-3-6-10-18)19-11-7-4-8-12-19;;/h3-13,21-22H,14-15,26-27H2,1-2H3;;/q-2;;/t21-,22-;;/m0../s1. The van der Waals surface area contributed by atoms with Crippen molar-refractivity contribution in [3.05, 3.63) is 84.1 Å². The predicted molar refractivity (Wildman–Crippen MR) is 124 cm³/mol. The summed E-state index contributed by atoms with van der Waals surface area (Å²) in [4.78, 5) is 0. The normalized spacial score (nSPS) is 19.0. The molecule has 1 aliphatic rings. The molecule has 0 heterocycles. The molecular formula is C22H27O3P3WY-2. The monoisotopic (exact) mass is 705 g/mol. The van der Waals surface area contributed by atoms with E-state index in [1.165, 1.54) is 0 Å². The molecule has 2 unspecified atom stereocenters. The van der Waals surface area contributed by atoms with Gasteiger partial charge < -0.3 is 19.2 Å². The maximum atomic E-state index is 14.2. The third-order valence-electron chi connectivity index (χ3n) is 5.47. The van der Waals surface area contributed by atoms with Crippen molar-refractivity contribution in [1.82, 2.24) is 0 Å². The first-order valence-electron chi connectivity index (χ1n) is 9.30. The summed E-state index contributed by atoms with van der Waals surface area (Å²) in [6, 6.07) is 19.5. The van der Waals surface area contributed by atoms with Gasteiger partial charge >= 0.3 is 0 Å². The van der Waals surface area contributed by atoms with Gasteiger partial charge in [-0.2, -0.15) is 0 Å². The molecule has 3 nitrogen and oxygen atoms in total. The number of benzene rings is 2. The molecule has 0 aromatic heterocycles. The van der Waals surface area contributed by atoms with E-state index in [1.807, 2.05) is 60.7 Å². The van der Waals surface area contributed by atoms with Gasteiger partial charge in [0.25, 0.3) is 0 Å². The van der Waals surface area contributed by atoms with Gasteiger partial charge in [-0.05, 0) is 37.6 Å². The molecule has 0 amide bonds. The van der Waals surface area contributed by atoms with E-state index in [0.717, 1.165) is 34.4 Å². The van der Waals surface area contributed by atoms with Crippen molar-refractivity contribution in [3.8, 4) is 0 Å². The van der Waals surface area contributed by atoms with Crippen molar-refractivity contribution in [1.29, 1.82) is 0 Å². The fourth-order valence-corrected chi connectivity index (χ4v) is 6.86. The van der Waals surface area contributed by atoms with Crippen LogP contribution in [-0.4, -0.2) is 18.4 Å². The summed E-state index contributed by atoms with van der Waals surface area (Å²) in [7, 11) is 1.92. The molecule has 3 rings (SSSR count). The van der Waals surface area contributed by atoms with Crippen LogP contribution in [0.4, 0.5) is 0 Å². The smallest absolute Gasteiger partial charge is 0.126 e. The summed E-state index contributed by atoms with van der Waals surface area (Å²) in [6.07, 6.45) is 3.28. The van der Waals surface area contributed by atoms with Crippen LogP contribution in [0.15, 0.2) is 72.3 Å². The quantitative estimate of drug-likeness (QED) is 0.319. The van der Waals surface area contributed by atoms with E-state index in [0.29, 0.717) is 6.16 Å². The molecule has 0 aliphatic heterocycles. The fraction of sp³-hybridized carbons (Fsp3) is 0.273. The van der Waals surface area contributed by atoms with Gasteiger partial charge in [-0.1, -0.05) is 66.8 Å². The second-order valence-corrected chi connectivity index (χ2v) is 10.5. The Morgan fingerprint density at radius 2 is 1.33 bits per heavy atom. The SMILES string of the molecule is C[C-]1C(=CCP(=O)(c2ccccc2)c2ccccc2)[C-](C)[C@@H](OP)C[C@@H]1OP.[W].[Y]. The molecule has 0 N–H and O–H groups in total. The van der Waals surface area contributed by atoms with Gasteiger partial charge in [-0.3, -0.25) is 17.9 Å². The second kappa shape index (κ2) is 13.4. The van der Waals surface area contributed by atoms with E-state index >= 15 is 0 Å². The molecule has 2 aromatic carbocycles. The van der Waals surface area contributed by atoms with Crippen LogP contribution >= 0.6 is 26.1 Å². The van der Waals surface area contributed by atoms with Crippen molar-refractivity contribution >= 4 is 36.7 Å². The van der Waals surface area contributed by atoms with Gasteiger partial charge in [-0.25, -0.2) is 0 Å². The van der Waals surface area contributed by atoms with Crippen molar-refractivity contribution in [2.24, 2.45) is 0 Å². The Morgan fingerprint density at radius 3 is 1.70 bits per heavy atom. The van der Waals surface area contributed by atoms with Gasteiger partial charge in [0.15, 0.2) is 0 Å². The first-order chi connectivity index (χ1) is 13.5. The Kier molecular flexibility index (Phi) is 12.9. The summed E-state index contributed by atoms with van der Waals surface area (Å²) in [6.45, 7) is 4.16. The van der Waals surface area contributed by atoms with E-state index in [-0.39, 0.29) is 66.0 Å². The van der Waals surface area contributed by atoms with Gasteiger partial charge in [0, 0.05) is 64.4 Å². The summed E-state index contributed by atoms with van der Waals surface area (Å²) >= 11 is 0. The predicted octanol–water partition coefficient (Wildman–Crippen LogP) is 4.86. The third-order valence-corrected chi connectivity index (χ3v) is 9.09. The third kappa shape index (κ3) is 6.40. The maximum absolute atomic E-state index is 14.2. The molecule has 30 heavy (non-hydrogen) atoms. The van der Waals surface area contributed by atoms with Crippen LogP contribution in [0, 0.1) is 11.8 Å². The van der Waals surface area contributed by atoms with Crippen LogP contribution in [0.3, 0.4) is 0 Å². The van der Waals surface area contributed by atoms with Crippen LogP contribution in [0.2, 0.25) is 0 Å². The van der Waals surface area contributed by atoms with Gasteiger partial charge in [0.05, 0.1) is 0 Å². The Balaban J connectivity index is 0.00000225. The molecule has 0 spiro atoms. The minimum Gasteiger partial charge on any atom is -0.381 e. The van der Waals surface area contributed by atoms with Crippen molar-refractivity contribution in [2.75, 3.05) is 6.16 Å². The summed E-state index contributed by atoms with van der Waals surface area (Å²) < 4.78 is 25.4. The average molecular weight is 705 g/mol. The number of rotatable bonds is 6. The maximum Gasteiger partial charge on any atom is 0.126 e. The Bertz CT molecular complexity index is 790. The van der Waals surface area contributed by atoms with Crippen LogP contribution in [0.1, 0.15) is 20.3 Å². The van der Waals surface area contributed by atoms with Crippen LogP contribution in [0.5, 0.6) is 0 Å². The number of hydrogen-bond acceptors (Lipinski definition) is 3. The van der Waals surface area contributed by atoms with E-state index in [4.69, 9.17) is 9.05 Å². The molecule has 1 fully saturated rings. The zero-order chi connectivity index (χ0) is 20.1. The molecule has 0 bridgehead atoms. The van der Waals surface area contributed by atoms with Gasteiger partial charge in [0.2, 0.25) is 0 Å². The van der Waals surface area contributed by atoms with Crippen LogP contribution in [-0.2, 0) is 67.4 Å². The second-order valence-electron chi connectivity index (χ2n) is 7.06. The first-order valence-corrected chi connectivity index (χ1v) is 12.1. The largest absolute Gasteiger partial charge is 0.381 e. The molecule has 8 heteroatoms. The molecule has 0 saturated heterocycles. The van der Waals surface area contributed by atoms with Gasteiger partial charge in [-0.15, -0.1) is 13.8 Å². The van der Waals surface area contributed by atoms with Crippen LogP contribution < -0.4 is 10.6 Å². The van der Waals surface area contributed by atoms with Crippen molar-refractivity contribution in [2.45, 2.75) is 32.5 Å². The van der Waals surface area contributed by atoms with Crippen molar-refractivity contribution in [3.63, 3.8) is 0 Å². The summed E-state index contributed by atoms with van der Waals surface area (Å²) in [5, 5.41) is 1.75. The fourth-order valence-electron chi connectivity index (χ4n) is 3.76. The molecule has 1 radical (unpaired) electrons. The molecule has 1 saturated carbocycles. The first kappa shape index (κ1) is 28.8. The zero-order valence-electron chi connectivity index (χ0n) is 17.2. The minimum atomic E-state index is -2.80. The van der Waals surface area contributed by atoms with E-state index in [2.05, 4.69) is 38.9 Å². The van der Waals surface area contributed by atoms with Crippen LogP contribution in [0.25, 0.3) is 0 Å². The number of hydrogen-bond donors (Lipinski definition) is 0. The number of allylic oxidation sites excluding steroid dienone is 1. The Labute approximate surface area is 225 Å². The summed E-state index contributed by atoms with van der Waals surface area (Å²) in [5.74, 6) is 2.30. The Morgan fingerprint density at radius 1 is 0.933 bits per heavy atom. The van der Waals surface area contributed by atoms with E-state index in [9.17, 15) is 4.57 Å². The average Bonchev–Trinajstić information content (AvgIpc) is 2.75. The minimum absolute atomic E-state index is 0. The molecule has 1 aliphatic carbocycles. The summed E-state index contributed by atoms with van der Waals surface area (Å²) in [5.41, 5.74) is 1.10. The van der Waals surface area contributed by atoms with E-state index in [1.54, 1.807) is 0 Å². The zero-order valence-corrected chi connectivity index (χ0v) is 26.2. The van der Waals surface area contributed by atoms with Crippen molar-refractivity contribution < 1.29 is 67.4 Å².